The highest BCUT2D eigenvalue weighted by Gasteiger charge is 2.26. The number of nitrogens with zero attached hydrogens (tertiary/aromatic N) is 3. The zero-order chi connectivity index (χ0) is 20.7. The molecule has 2 amide bonds. The van der Waals surface area contributed by atoms with Crippen molar-refractivity contribution in [2.45, 2.75) is 46.7 Å². The largest absolute Gasteiger partial charge is 0.353 e. The molecule has 0 aliphatic heterocycles. The van der Waals surface area contributed by atoms with Crippen LogP contribution in [0.3, 0.4) is 0 Å². The second-order valence-corrected chi connectivity index (χ2v) is 7.83. The maximum atomic E-state index is 13.2. The highest BCUT2D eigenvalue weighted by atomic mass is 16.2. The lowest BCUT2D eigenvalue weighted by Gasteiger charge is -2.32. The number of aryl methyl sites for hydroxylation is 1. The molecule has 1 heterocycles. The first kappa shape index (κ1) is 21.7. The summed E-state index contributed by atoms with van der Waals surface area (Å²) in [5.74, 6) is 0.247. The van der Waals surface area contributed by atoms with Crippen molar-refractivity contribution in [2.75, 3.05) is 13.1 Å². The highest BCUT2D eigenvalue weighted by Crippen LogP contribution is 2.14. The van der Waals surface area contributed by atoms with Crippen LogP contribution in [0.15, 0.2) is 48.7 Å². The first-order valence-corrected chi connectivity index (χ1v) is 10.1. The summed E-state index contributed by atoms with van der Waals surface area (Å²) in [6.45, 7) is 9.56. The number of rotatable bonds is 9. The third-order valence-electron chi connectivity index (χ3n) is 5.05. The van der Waals surface area contributed by atoms with Crippen molar-refractivity contribution in [2.24, 2.45) is 13.0 Å². The second kappa shape index (κ2) is 10.1. The van der Waals surface area contributed by atoms with Gasteiger partial charge in [-0.15, -0.1) is 0 Å². The summed E-state index contributed by atoms with van der Waals surface area (Å²) in [6, 6.07) is 13.2. The van der Waals surface area contributed by atoms with Gasteiger partial charge in [0, 0.05) is 37.1 Å². The molecule has 0 bridgehead atoms. The monoisotopic (exact) mass is 383 g/mol. The average molecular weight is 384 g/mol. The summed E-state index contributed by atoms with van der Waals surface area (Å²) in [5, 5.41) is 0. The van der Waals surface area contributed by atoms with E-state index in [1.807, 2.05) is 66.9 Å². The van der Waals surface area contributed by atoms with Crippen molar-refractivity contribution in [1.29, 1.82) is 0 Å². The number of amides is 2. The van der Waals surface area contributed by atoms with Crippen molar-refractivity contribution in [3.05, 3.63) is 59.9 Å². The summed E-state index contributed by atoms with van der Waals surface area (Å²) in [5.41, 5.74) is 1.70. The first-order valence-electron chi connectivity index (χ1n) is 10.1. The molecule has 0 N–H and O–H groups in total. The molecular weight excluding hydrogens is 350 g/mol. The Labute approximate surface area is 168 Å². The maximum Gasteiger partial charge on any atom is 0.254 e. The van der Waals surface area contributed by atoms with Gasteiger partial charge >= 0.3 is 0 Å². The zero-order valence-electron chi connectivity index (χ0n) is 17.8. The molecule has 152 valence electrons. The normalized spacial score (nSPS) is 12.1. The Morgan fingerprint density at radius 3 is 2.25 bits per heavy atom. The molecule has 28 heavy (non-hydrogen) atoms. The summed E-state index contributed by atoms with van der Waals surface area (Å²) in [4.78, 5) is 29.8. The van der Waals surface area contributed by atoms with Crippen LogP contribution in [0.2, 0.25) is 0 Å². The molecule has 1 aromatic heterocycles. The fourth-order valence-electron chi connectivity index (χ4n) is 3.19. The molecule has 0 saturated carbocycles. The number of aromatic nitrogens is 1. The van der Waals surface area contributed by atoms with E-state index < -0.39 is 0 Å². The van der Waals surface area contributed by atoms with E-state index in [1.165, 1.54) is 0 Å². The van der Waals surface area contributed by atoms with Crippen LogP contribution < -0.4 is 0 Å². The summed E-state index contributed by atoms with van der Waals surface area (Å²) in [7, 11) is 1.98. The SMILES string of the molecule is CCC(C)N(CC(=O)N(Cc1cccn1C)CC(C)C)C(=O)c1ccccc1. The smallest absolute Gasteiger partial charge is 0.254 e. The van der Waals surface area contributed by atoms with Gasteiger partial charge in [-0.25, -0.2) is 0 Å². The van der Waals surface area contributed by atoms with Gasteiger partial charge in [0.1, 0.15) is 6.54 Å². The molecular formula is C23H33N3O2. The average Bonchev–Trinajstić information content (AvgIpc) is 3.09. The third kappa shape index (κ3) is 5.72. The van der Waals surface area contributed by atoms with Crippen LogP contribution in [-0.2, 0) is 18.4 Å². The van der Waals surface area contributed by atoms with Crippen molar-refractivity contribution in [1.82, 2.24) is 14.4 Å². The Morgan fingerprint density at radius 2 is 1.71 bits per heavy atom. The van der Waals surface area contributed by atoms with Gasteiger partial charge in [-0.05, 0) is 43.5 Å². The van der Waals surface area contributed by atoms with Gasteiger partial charge in [0.25, 0.3) is 5.91 Å². The van der Waals surface area contributed by atoms with Gasteiger partial charge < -0.3 is 14.4 Å². The van der Waals surface area contributed by atoms with Crippen molar-refractivity contribution in [3.63, 3.8) is 0 Å². The minimum absolute atomic E-state index is 0.00686. The molecule has 1 aromatic carbocycles. The molecule has 0 radical (unpaired) electrons. The van der Waals surface area contributed by atoms with Crippen molar-refractivity contribution >= 4 is 11.8 Å². The van der Waals surface area contributed by atoms with Crippen molar-refractivity contribution in [3.8, 4) is 0 Å². The molecule has 0 spiro atoms. The Morgan fingerprint density at radius 1 is 1.04 bits per heavy atom. The Bertz CT molecular complexity index is 767. The quantitative estimate of drug-likeness (QED) is 0.658. The van der Waals surface area contributed by atoms with Gasteiger partial charge in [0.2, 0.25) is 5.91 Å². The predicted octanol–water partition coefficient (Wildman–Crippen LogP) is 3.95. The first-order chi connectivity index (χ1) is 13.3. The number of hydrogen-bond acceptors (Lipinski definition) is 2. The fourth-order valence-corrected chi connectivity index (χ4v) is 3.19. The molecule has 5 nitrogen and oxygen atoms in total. The Balaban J connectivity index is 2.20. The van der Waals surface area contributed by atoms with Crippen LogP contribution in [0, 0.1) is 5.92 Å². The van der Waals surface area contributed by atoms with E-state index in [1.54, 1.807) is 17.0 Å². The molecule has 0 saturated heterocycles. The topological polar surface area (TPSA) is 45.6 Å². The number of carbonyl (C=O) groups excluding carboxylic acids is 2. The molecule has 2 rings (SSSR count). The zero-order valence-corrected chi connectivity index (χ0v) is 17.8. The Kier molecular flexibility index (Phi) is 7.85. The lowest BCUT2D eigenvalue weighted by atomic mass is 10.1. The van der Waals surface area contributed by atoms with Crippen LogP contribution >= 0.6 is 0 Å². The minimum Gasteiger partial charge on any atom is -0.353 e. The molecule has 2 aromatic rings. The van der Waals surface area contributed by atoms with E-state index >= 15 is 0 Å². The third-order valence-corrected chi connectivity index (χ3v) is 5.05. The van der Waals surface area contributed by atoms with Crippen LogP contribution in [0.25, 0.3) is 0 Å². The number of benzene rings is 1. The van der Waals surface area contributed by atoms with Crippen LogP contribution in [0.1, 0.15) is 50.2 Å². The van der Waals surface area contributed by atoms with Gasteiger partial charge in [-0.1, -0.05) is 39.0 Å². The number of carbonyl (C=O) groups is 2. The van der Waals surface area contributed by atoms with E-state index in [4.69, 9.17) is 0 Å². The van der Waals surface area contributed by atoms with Crippen LogP contribution in [0.5, 0.6) is 0 Å². The summed E-state index contributed by atoms with van der Waals surface area (Å²) < 4.78 is 2.03. The van der Waals surface area contributed by atoms with Crippen LogP contribution in [0.4, 0.5) is 0 Å². The van der Waals surface area contributed by atoms with E-state index in [-0.39, 0.29) is 24.4 Å². The van der Waals surface area contributed by atoms with Gasteiger partial charge in [-0.3, -0.25) is 9.59 Å². The fraction of sp³-hybridized carbons (Fsp3) is 0.478. The second-order valence-electron chi connectivity index (χ2n) is 7.83. The standard InChI is InChI=1S/C23H33N3O2/c1-6-19(4)26(23(28)20-11-8-7-9-12-20)17-22(27)25(15-18(2)3)16-21-13-10-14-24(21)5/h7-14,18-19H,6,15-17H2,1-5H3. The molecule has 0 aliphatic rings. The van der Waals surface area contributed by atoms with Gasteiger partial charge in [0.05, 0.1) is 6.54 Å². The predicted molar refractivity (Wildman–Crippen MR) is 113 cm³/mol. The molecule has 1 unspecified atom stereocenters. The summed E-state index contributed by atoms with van der Waals surface area (Å²) in [6.07, 6.45) is 2.78. The van der Waals surface area contributed by atoms with Gasteiger partial charge in [0.15, 0.2) is 0 Å². The molecule has 0 aliphatic carbocycles. The maximum absolute atomic E-state index is 13.2. The van der Waals surface area contributed by atoms with Gasteiger partial charge in [-0.2, -0.15) is 0 Å². The molecule has 0 fully saturated rings. The van der Waals surface area contributed by atoms with E-state index in [0.717, 1.165) is 12.1 Å². The lowest BCUT2D eigenvalue weighted by molar-refractivity contribution is -0.133. The molecule has 5 heteroatoms. The van der Waals surface area contributed by atoms with Crippen LogP contribution in [-0.4, -0.2) is 45.3 Å². The van der Waals surface area contributed by atoms with Crippen molar-refractivity contribution < 1.29 is 9.59 Å². The number of hydrogen-bond donors (Lipinski definition) is 0. The minimum atomic E-state index is -0.0911. The summed E-state index contributed by atoms with van der Waals surface area (Å²) >= 11 is 0. The lowest BCUT2D eigenvalue weighted by Crippen LogP contribution is -2.47. The highest BCUT2D eigenvalue weighted by molar-refractivity contribution is 5.96. The van der Waals surface area contributed by atoms with E-state index in [0.29, 0.717) is 24.6 Å². The Hall–Kier alpha value is -2.56. The molecule has 1 atom stereocenters. The van der Waals surface area contributed by atoms with E-state index in [2.05, 4.69) is 13.8 Å². The van der Waals surface area contributed by atoms with E-state index in [9.17, 15) is 9.59 Å².